The van der Waals surface area contributed by atoms with Gasteiger partial charge < -0.3 is 9.47 Å². The average molecular weight is 288 g/mol. The number of nitro groups is 1. The molecule has 1 rings (SSSR count). The molecule has 0 saturated heterocycles. The first kappa shape index (κ1) is 15.6. The fourth-order valence-electron chi connectivity index (χ4n) is 1.62. The van der Waals surface area contributed by atoms with E-state index < -0.39 is 4.92 Å². The summed E-state index contributed by atoms with van der Waals surface area (Å²) < 4.78 is 10.6. The highest BCUT2D eigenvalue weighted by atomic mass is 35.5. The van der Waals surface area contributed by atoms with Gasteiger partial charge in [-0.05, 0) is 18.9 Å². The van der Waals surface area contributed by atoms with Crippen LogP contribution in [0, 0.1) is 10.1 Å². The minimum atomic E-state index is -0.452. The van der Waals surface area contributed by atoms with Gasteiger partial charge in [0.05, 0.1) is 24.7 Å². The number of nitrogens with zero attached hydrogens (tertiary/aromatic N) is 1. The van der Waals surface area contributed by atoms with Gasteiger partial charge in [-0.15, -0.1) is 11.6 Å². The number of halogens is 1. The number of nitro benzene ring substituents is 1. The van der Waals surface area contributed by atoms with Gasteiger partial charge in [0.1, 0.15) is 0 Å². The van der Waals surface area contributed by atoms with E-state index in [4.69, 9.17) is 21.1 Å². The summed E-state index contributed by atoms with van der Waals surface area (Å²) in [7, 11) is 1.51. The molecule has 0 unspecified atom stereocenters. The molecule has 0 aliphatic carbocycles. The molecule has 0 radical (unpaired) electrons. The first-order valence-corrected chi connectivity index (χ1v) is 6.73. The van der Waals surface area contributed by atoms with Crippen molar-refractivity contribution in [3.05, 3.63) is 28.3 Å². The van der Waals surface area contributed by atoms with Gasteiger partial charge in [-0.2, -0.15) is 0 Å². The molecule has 0 bridgehead atoms. The van der Waals surface area contributed by atoms with E-state index in [9.17, 15) is 10.1 Å². The topological polar surface area (TPSA) is 61.6 Å². The SMILES string of the molecule is COc1ccc([N+](=O)[O-])cc1OCCCCCCCl. The molecule has 0 amide bonds. The van der Waals surface area contributed by atoms with E-state index in [0.29, 0.717) is 24.0 Å². The van der Waals surface area contributed by atoms with Crippen LogP contribution in [0.5, 0.6) is 11.5 Å². The Kier molecular flexibility index (Phi) is 7.03. The number of non-ortho nitro benzene ring substituents is 1. The smallest absolute Gasteiger partial charge is 0.273 e. The molecular formula is C13H18ClNO4. The predicted molar refractivity (Wildman–Crippen MR) is 74.3 cm³/mol. The summed E-state index contributed by atoms with van der Waals surface area (Å²) in [6, 6.07) is 4.32. The molecule has 0 N–H and O–H groups in total. The number of methoxy groups -OCH3 is 1. The van der Waals surface area contributed by atoms with Crippen LogP contribution in [0.15, 0.2) is 18.2 Å². The lowest BCUT2D eigenvalue weighted by molar-refractivity contribution is -0.385. The van der Waals surface area contributed by atoms with Crippen molar-refractivity contribution in [2.75, 3.05) is 19.6 Å². The van der Waals surface area contributed by atoms with Gasteiger partial charge in [0.2, 0.25) is 0 Å². The second-order valence-corrected chi connectivity index (χ2v) is 4.42. The van der Waals surface area contributed by atoms with Crippen molar-refractivity contribution < 1.29 is 14.4 Å². The highest BCUT2D eigenvalue weighted by Gasteiger charge is 2.12. The van der Waals surface area contributed by atoms with Crippen molar-refractivity contribution in [1.29, 1.82) is 0 Å². The molecule has 0 aliphatic heterocycles. The lowest BCUT2D eigenvalue weighted by atomic mass is 10.2. The molecule has 1 aromatic carbocycles. The van der Waals surface area contributed by atoms with Crippen LogP contribution in [0.2, 0.25) is 0 Å². The van der Waals surface area contributed by atoms with E-state index in [-0.39, 0.29) is 5.69 Å². The third-order valence-corrected chi connectivity index (χ3v) is 2.91. The highest BCUT2D eigenvalue weighted by Crippen LogP contribution is 2.31. The Morgan fingerprint density at radius 2 is 1.95 bits per heavy atom. The fourth-order valence-corrected chi connectivity index (χ4v) is 1.81. The van der Waals surface area contributed by atoms with Crippen LogP contribution < -0.4 is 9.47 Å². The third-order valence-electron chi connectivity index (χ3n) is 2.64. The van der Waals surface area contributed by atoms with Crippen LogP contribution >= 0.6 is 11.6 Å². The molecule has 0 heterocycles. The maximum absolute atomic E-state index is 10.7. The monoisotopic (exact) mass is 287 g/mol. The molecule has 106 valence electrons. The summed E-state index contributed by atoms with van der Waals surface area (Å²) in [6.07, 6.45) is 3.99. The van der Waals surface area contributed by atoms with Crippen molar-refractivity contribution in [3.8, 4) is 11.5 Å². The lowest BCUT2D eigenvalue weighted by Gasteiger charge is -2.10. The van der Waals surface area contributed by atoms with Crippen molar-refractivity contribution >= 4 is 17.3 Å². The first-order valence-electron chi connectivity index (χ1n) is 6.20. The molecular weight excluding hydrogens is 270 g/mol. The molecule has 1 aromatic rings. The maximum atomic E-state index is 10.7. The molecule has 0 aromatic heterocycles. The zero-order valence-electron chi connectivity index (χ0n) is 10.9. The van der Waals surface area contributed by atoms with Crippen LogP contribution in [-0.2, 0) is 0 Å². The molecule has 0 saturated carbocycles. The van der Waals surface area contributed by atoms with Crippen LogP contribution in [0.25, 0.3) is 0 Å². The Morgan fingerprint density at radius 3 is 2.58 bits per heavy atom. The van der Waals surface area contributed by atoms with E-state index >= 15 is 0 Å². The van der Waals surface area contributed by atoms with Crippen LogP contribution in [0.3, 0.4) is 0 Å². The highest BCUT2D eigenvalue weighted by molar-refractivity contribution is 6.17. The zero-order chi connectivity index (χ0) is 14.1. The lowest BCUT2D eigenvalue weighted by Crippen LogP contribution is -2.00. The molecule has 0 aliphatic rings. The number of unbranched alkanes of at least 4 members (excludes halogenated alkanes) is 3. The van der Waals surface area contributed by atoms with E-state index in [0.717, 1.165) is 25.7 Å². The summed E-state index contributed by atoms with van der Waals surface area (Å²) >= 11 is 5.59. The Labute approximate surface area is 117 Å². The Morgan fingerprint density at radius 1 is 1.21 bits per heavy atom. The van der Waals surface area contributed by atoms with E-state index in [1.165, 1.54) is 19.2 Å². The first-order chi connectivity index (χ1) is 9.19. The summed E-state index contributed by atoms with van der Waals surface area (Å²) in [5.74, 6) is 1.60. The molecule has 5 nitrogen and oxygen atoms in total. The minimum Gasteiger partial charge on any atom is -0.493 e. The molecule has 19 heavy (non-hydrogen) atoms. The van der Waals surface area contributed by atoms with Gasteiger partial charge >= 0.3 is 0 Å². The molecule has 0 atom stereocenters. The van der Waals surface area contributed by atoms with Gasteiger partial charge in [-0.3, -0.25) is 10.1 Å². The quantitative estimate of drug-likeness (QED) is 0.300. The molecule has 0 fully saturated rings. The average Bonchev–Trinajstić information content (AvgIpc) is 2.42. The fraction of sp³-hybridized carbons (Fsp3) is 0.538. The standard InChI is InChI=1S/C13H18ClNO4/c1-18-12-7-6-11(15(16)17)10-13(12)19-9-5-3-2-4-8-14/h6-7,10H,2-5,8-9H2,1H3. The van der Waals surface area contributed by atoms with E-state index in [1.807, 2.05) is 0 Å². The summed E-state index contributed by atoms with van der Waals surface area (Å²) in [4.78, 5) is 10.2. The second-order valence-electron chi connectivity index (χ2n) is 4.04. The van der Waals surface area contributed by atoms with Crippen molar-refractivity contribution in [1.82, 2.24) is 0 Å². The van der Waals surface area contributed by atoms with E-state index in [2.05, 4.69) is 0 Å². The third kappa shape index (κ3) is 5.34. The number of benzene rings is 1. The normalized spacial score (nSPS) is 10.2. The Hall–Kier alpha value is -1.49. The van der Waals surface area contributed by atoms with E-state index in [1.54, 1.807) is 6.07 Å². The summed E-state index contributed by atoms with van der Waals surface area (Å²) in [5.41, 5.74) is -0.00191. The number of rotatable bonds is 9. The van der Waals surface area contributed by atoms with Gasteiger partial charge in [-0.25, -0.2) is 0 Å². The van der Waals surface area contributed by atoms with Gasteiger partial charge in [0.15, 0.2) is 11.5 Å². The van der Waals surface area contributed by atoms with Crippen LogP contribution in [0.1, 0.15) is 25.7 Å². The maximum Gasteiger partial charge on any atom is 0.273 e. The van der Waals surface area contributed by atoms with Crippen molar-refractivity contribution in [2.24, 2.45) is 0 Å². The molecule has 0 spiro atoms. The number of ether oxygens (including phenoxy) is 2. The van der Waals surface area contributed by atoms with Gasteiger partial charge in [0, 0.05) is 11.9 Å². The number of hydrogen-bond donors (Lipinski definition) is 0. The summed E-state index contributed by atoms with van der Waals surface area (Å²) in [5, 5.41) is 10.7. The predicted octanol–water partition coefficient (Wildman–Crippen LogP) is 3.78. The van der Waals surface area contributed by atoms with Crippen LogP contribution in [-0.4, -0.2) is 24.5 Å². The minimum absolute atomic E-state index is 0.00191. The Balaban J connectivity index is 2.50. The van der Waals surface area contributed by atoms with Gasteiger partial charge in [0.25, 0.3) is 5.69 Å². The van der Waals surface area contributed by atoms with Crippen LogP contribution in [0.4, 0.5) is 5.69 Å². The Bertz CT molecular complexity index is 412. The second kappa shape index (κ2) is 8.58. The largest absolute Gasteiger partial charge is 0.493 e. The molecule has 6 heteroatoms. The van der Waals surface area contributed by atoms with Crippen molar-refractivity contribution in [3.63, 3.8) is 0 Å². The number of alkyl halides is 1. The van der Waals surface area contributed by atoms with Gasteiger partial charge in [-0.1, -0.05) is 12.8 Å². The van der Waals surface area contributed by atoms with Crippen molar-refractivity contribution in [2.45, 2.75) is 25.7 Å². The zero-order valence-corrected chi connectivity index (χ0v) is 11.7. The summed E-state index contributed by atoms with van der Waals surface area (Å²) in [6.45, 7) is 0.514. The number of hydrogen-bond acceptors (Lipinski definition) is 4.